The van der Waals surface area contributed by atoms with Gasteiger partial charge in [-0.2, -0.15) is 4.98 Å². The fraction of sp³-hybridized carbons (Fsp3) is 0.600. The Bertz CT molecular complexity index is 751. The fourth-order valence-corrected chi connectivity index (χ4v) is 3.88. The third-order valence-corrected chi connectivity index (χ3v) is 5.46. The van der Waals surface area contributed by atoms with Gasteiger partial charge in [-0.3, -0.25) is 14.7 Å². The van der Waals surface area contributed by atoms with Gasteiger partial charge in [-0.15, -0.1) is 0 Å². The molecule has 0 aliphatic carbocycles. The van der Waals surface area contributed by atoms with E-state index in [2.05, 4.69) is 39.2 Å². The Labute approximate surface area is 160 Å². The summed E-state index contributed by atoms with van der Waals surface area (Å²) < 4.78 is 5.48. The first-order chi connectivity index (χ1) is 12.9. The van der Waals surface area contributed by atoms with Gasteiger partial charge >= 0.3 is 0 Å². The maximum atomic E-state index is 12.9. The summed E-state index contributed by atoms with van der Waals surface area (Å²) in [6.45, 7) is 10.4. The number of aromatic nitrogens is 3. The summed E-state index contributed by atoms with van der Waals surface area (Å²) in [5.41, 5.74) is 0.835. The van der Waals surface area contributed by atoms with Crippen molar-refractivity contribution < 1.29 is 9.32 Å². The number of amides is 1. The molecule has 27 heavy (non-hydrogen) atoms. The van der Waals surface area contributed by atoms with Gasteiger partial charge in [0.1, 0.15) is 6.04 Å². The highest BCUT2D eigenvalue weighted by molar-refractivity contribution is 5.81. The van der Waals surface area contributed by atoms with Crippen LogP contribution in [0.4, 0.5) is 0 Å². The molecule has 3 heterocycles. The quantitative estimate of drug-likeness (QED) is 0.839. The van der Waals surface area contributed by atoms with Crippen LogP contribution in [-0.2, 0) is 4.79 Å². The summed E-state index contributed by atoms with van der Waals surface area (Å²) in [6, 6.07) is 3.98. The number of hydrogen-bond acceptors (Lipinski definition) is 6. The van der Waals surface area contributed by atoms with E-state index >= 15 is 0 Å². The van der Waals surface area contributed by atoms with Crippen molar-refractivity contribution >= 4 is 5.91 Å². The molecule has 1 aliphatic rings. The van der Waals surface area contributed by atoms with Gasteiger partial charge in [-0.1, -0.05) is 19.0 Å². The van der Waals surface area contributed by atoms with Crippen molar-refractivity contribution in [2.75, 3.05) is 0 Å². The fourth-order valence-electron chi connectivity index (χ4n) is 3.88. The minimum atomic E-state index is -0.323. The first-order valence-electron chi connectivity index (χ1n) is 9.70. The van der Waals surface area contributed by atoms with Gasteiger partial charge in [0.05, 0.1) is 6.04 Å². The van der Waals surface area contributed by atoms with Crippen LogP contribution in [0.1, 0.15) is 59.4 Å². The van der Waals surface area contributed by atoms with Crippen molar-refractivity contribution in [1.82, 2.24) is 25.3 Å². The lowest BCUT2D eigenvalue weighted by Gasteiger charge is -2.32. The number of nitrogens with one attached hydrogen (secondary N) is 1. The zero-order valence-corrected chi connectivity index (χ0v) is 16.7. The van der Waals surface area contributed by atoms with Crippen molar-refractivity contribution in [1.29, 1.82) is 0 Å². The molecular formula is C20H29N5O2. The normalized spacial score (nSPS) is 22.7. The second-order valence-corrected chi connectivity index (χ2v) is 7.82. The Balaban J connectivity index is 1.74. The van der Waals surface area contributed by atoms with Gasteiger partial charge < -0.3 is 9.84 Å². The molecule has 1 saturated heterocycles. The van der Waals surface area contributed by atoms with Crippen LogP contribution in [0.15, 0.2) is 29.0 Å². The largest absolute Gasteiger partial charge is 0.343 e. The summed E-state index contributed by atoms with van der Waals surface area (Å²) in [4.78, 5) is 23.7. The zero-order valence-electron chi connectivity index (χ0n) is 16.7. The van der Waals surface area contributed by atoms with E-state index in [9.17, 15) is 4.79 Å². The van der Waals surface area contributed by atoms with Crippen molar-refractivity contribution in [2.45, 2.75) is 71.6 Å². The van der Waals surface area contributed by atoms with E-state index in [0.29, 0.717) is 23.8 Å². The number of carbonyl (C=O) groups excluding carboxylic acids is 1. The predicted octanol–water partition coefficient (Wildman–Crippen LogP) is 3.21. The van der Waals surface area contributed by atoms with Crippen LogP contribution in [0.5, 0.6) is 0 Å². The van der Waals surface area contributed by atoms with Gasteiger partial charge in [-0.25, -0.2) is 0 Å². The molecule has 3 rings (SSSR count). The Kier molecular flexibility index (Phi) is 5.89. The van der Waals surface area contributed by atoms with E-state index in [1.54, 1.807) is 12.4 Å². The second kappa shape index (κ2) is 8.17. The Morgan fingerprint density at radius 2 is 1.81 bits per heavy atom. The summed E-state index contributed by atoms with van der Waals surface area (Å²) in [5, 5.41) is 7.19. The highest BCUT2D eigenvalue weighted by atomic mass is 16.5. The molecule has 0 aromatic carbocycles. The third kappa shape index (κ3) is 4.18. The maximum Gasteiger partial charge on any atom is 0.249 e. The molecule has 1 amide bonds. The van der Waals surface area contributed by atoms with E-state index in [1.807, 2.05) is 32.9 Å². The van der Waals surface area contributed by atoms with Crippen molar-refractivity contribution in [3.63, 3.8) is 0 Å². The molecule has 4 atom stereocenters. The summed E-state index contributed by atoms with van der Waals surface area (Å²) in [5.74, 6) is 1.06. The lowest BCUT2D eigenvalue weighted by atomic mass is 10.0. The number of pyridine rings is 1. The molecule has 1 fully saturated rings. The maximum absolute atomic E-state index is 12.9. The van der Waals surface area contributed by atoms with E-state index in [4.69, 9.17) is 4.52 Å². The molecule has 2 aromatic heterocycles. The average Bonchev–Trinajstić information content (AvgIpc) is 3.26. The van der Waals surface area contributed by atoms with Crippen molar-refractivity contribution in [3.8, 4) is 11.4 Å². The topological polar surface area (TPSA) is 84.2 Å². The standard InChI is InChI=1S/C20H29N5O2/c1-12(2)17(20-23-18(24-27-20)16-8-10-21-11-9-16)22-19(26)15(5)25-13(3)6-7-14(25)4/h8-15,17H,6-7H2,1-5H3,(H,22,26). The minimum absolute atomic E-state index is 0.00189. The number of likely N-dealkylation sites (tertiary alicyclic amines) is 1. The molecule has 0 spiro atoms. The molecule has 146 valence electrons. The van der Waals surface area contributed by atoms with Crippen molar-refractivity contribution in [3.05, 3.63) is 30.4 Å². The summed E-state index contributed by atoms with van der Waals surface area (Å²) in [7, 11) is 0. The van der Waals surface area contributed by atoms with Gasteiger partial charge in [0.15, 0.2) is 0 Å². The Morgan fingerprint density at radius 3 is 2.41 bits per heavy atom. The lowest BCUT2D eigenvalue weighted by Crippen LogP contribution is -2.50. The first kappa shape index (κ1) is 19.5. The zero-order chi connectivity index (χ0) is 19.6. The molecule has 0 saturated carbocycles. The van der Waals surface area contributed by atoms with Gasteiger partial charge in [-0.05, 0) is 51.7 Å². The predicted molar refractivity (Wildman–Crippen MR) is 103 cm³/mol. The number of rotatable bonds is 6. The minimum Gasteiger partial charge on any atom is -0.343 e. The average molecular weight is 371 g/mol. The van der Waals surface area contributed by atoms with Crippen LogP contribution in [0.2, 0.25) is 0 Å². The van der Waals surface area contributed by atoms with Crippen LogP contribution in [0.25, 0.3) is 11.4 Å². The Hall–Kier alpha value is -2.28. The van der Waals surface area contributed by atoms with E-state index in [0.717, 1.165) is 18.4 Å². The highest BCUT2D eigenvalue weighted by Crippen LogP contribution is 2.27. The van der Waals surface area contributed by atoms with Crippen LogP contribution < -0.4 is 5.32 Å². The van der Waals surface area contributed by atoms with Crippen molar-refractivity contribution in [2.24, 2.45) is 5.92 Å². The number of hydrogen-bond donors (Lipinski definition) is 1. The van der Waals surface area contributed by atoms with Crippen LogP contribution >= 0.6 is 0 Å². The van der Waals surface area contributed by atoms with Crippen LogP contribution in [0.3, 0.4) is 0 Å². The highest BCUT2D eigenvalue weighted by Gasteiger charge is 2.36. The lowest BCUT2D eigenvalue weighted by molar-refractivity contribution is -0.128. The first-order valence-corrected chi connectivity index (χ1v) is 9.70. The molecule has 7 nitrogen and oxygen atoms in total. The molecular weight excluding hydrogens is 342 g/mol. The number of carbonyl (C=O) groups is 1. The van der Waals surface area contributed by atoms with Gasteiger partial charge in [0.25, 0.3) is 0 Å². The summed E-state index contributed by atoms with van der Waals surface area (Å²) >= 11 is 0. The monoisotopic (exact) mass is 371 g/mol. The number of nitrogens with zero attached hydrogens (tertiary/aromatic N) is 4. The molecule has 7 heteroatoms. The summed E-state index contributed by atoms with van der Waals surface area (Å²) in [6.07, 6.45) is 5.64. The van der Waals surface area contributed by atoms with E-state index in [1.165, 1.54) is 0 Å². The van der Waals surface area contributed by atoms with Gasteiger partial charge in [0, 0.05) is 30.0 Å². The Morgan fingerprint density at radius 1 is 1.19 bits per heavy atom. The van der Waals surface area contributed by atoms with Gasteiger partial charge in [0.2, 0.25) is 17.6 Å². The third-order valence-electron chi connectivity index (χ3n) is 5.46. The smallest absolute Gasteiger partial charge is 0.249 e. The van der Waals surface area contributed by atoms with E-state index in [-0.39, 0.29) is 23.9 Å². The molecule has 1 aliphatic heterocycles. The second-order valence-electron chi connectivity index (χ2n) is 7.82. The molecule has 0 bridgehead atoms. The van der Waals surface area contributed by atoms with Crippen LogP contribution in [0, 0.1) is 5.92 Å². The molecule has 0 radical (unpaired) electrons. The van der Waals surface area contributed by atoms with Crippen LogP contribution in [-0.4, -0.2) is 44.1 Å². The SMILES string of the molecule is CC(C)C(NC(=O)C(C)N1C(C)CCC1C)c1nc(-c2ccncc2)no1. The molecule has 1 N–H and O–H groups in total. The molecule has 2 aromatic rings. The van der Waals surface area contributed by atoms with E-state index < -0.39 is 0 Å². The molecule has 4 unspecified atom stereocenters.